The number of aromatic nitrogens is 1. The number of likely N-dealkylation sites (N-methyl/N-ethyl adjacent to an activating group) is 1. The van der Waals surface area contributed by atoms with Crippen molar-refractivity contribution >= 4 is 10.9 Å². The number of aromatic amines is 1. The maximum absolute atomic E-state index is 3.53. The van der Waals surface area contributed by atoms with Crippen LogP contribution in [0.4, 0.5) is 0 Å². The largest absolute Gasteiger partial charge is 0.361 e. The fourth-order valence-corrected chi connectivity index (χ4v) is 4.52. The first kappa shape index (κ1) is 15.2. The lowest BCUT2D eigenvalue weighted by atomic mass is 9.83. The second kappa shape index (κ2) is 5.45. The monoisotopic (exact) mass is 331 g/mol. The third kappa shape index (κ3) is 2.42. The molecule has 0 amide bonds. The molecule has 128 valence electrons. The van der Waals surface area contributed by atoms with Crippen LogP contribution in [0.15, 0.2) is 48.7 Å². The van der Waals surface area contributed by atoms with Gasteiger partial charge < -0.3 is 15.2 Å². The Labute approximate surface area is 149 Å². The van der Waals surface area contributed by atoms with E-state index in [1.165, 1.54) is 46.0 Å². The van der Waals surface area contributed by atoms with Gasteiger partial charge in [-0.25, -0.2) is 0 Å². The Morgan fingerprint density at radius 2 is 2.00 bits per heavy atom. The minimum atomic E-state index is 0.240. The third-order valence-electron chi connectivity index (χ3n) is 6.22. The highest BCUT2D eigenvalue weighted by Crippen LogP contribution is 2.46. The highest BCUT2D eigenvalue weighted by molar-refractivity contribution is 5.80. The summed E-state index contributed by atoms with van der Waals surface area (Å²) in [4.78, 5) is 5.81. The van der Waals surface area contributed by atoms with Crippen molar-refractivity contribution in [2.75, 3.05) is 20.6 Å². The molecular weight excluding hydrogens is 306 g/mol. The van der Waals surface area contributed by atoms with Crippen LogP contribution < -0.4 is 5.32 Å². The molecule has 1 saturated carbocycles. The van der Waals surface area contributed by atoms with Crippen LogP contribution in [0.3, 0.4) is 0 Å². The molecule has 1 aliphatic heterocycles. The van der Waals surface area contributed by atoms with Gasteiger partial charge in [0.1, 0.15) is 0 Å². The summed E-state index contributed by atoms with van der Waals surface area (Å²) in [6, 6.07) is 16.2. The van der Waals surface area contributed by atoms with Gasteiger partial charge in [-0.2, -0.15) is 0 Å². The van der Waals surface area contributed by atoms with E-state index in [1.807, 2.05) is 6.20 Å². The molecule has 25 heavy (non-hydrogen) atoms. The van der Waals surface area contributed by atoms with Crippen LogP contribution in [0.2, 0.25) is 0 Å². The molecule has 2 aliphatic rings. The molecule has 0 radical (unpaired) electrons. The predicted octanol–water partition coefficient (Wildman–Crippen LogP) is 3.95. The van der Waals surface area contributed by atoms with E-state index in [-0.39, 0.29) is 5.54 Å². The van der Waals surface area contributed by atoms with Gasteiger partial charge in [0.2, 0.25) is 0 Å². The first-order chi connectivity index (χ1) is 12.2. The topological polar surface area (TPSA) is 31.1 Å². The zero-order valence-electron chi connectivity index (χ0n) is 15.0. The lowest BCUT2D eigenvalue weighted by Crippen LogP contribution is -2.32. The van der Waals surface area contributed by atoms with Crippen LogP contribution in [0.1, 0.15) is 41.0 Å². The second-order valence-electron chi connectivity index (χ2n) is 7.82. The SMILES string of the molecule is CNC1(c2ccc3c(c2)CN(C)CC3c2ccc3cc[nH]c3c2)CC1. The van der Waals surface area contributed by atoms with E-state index in [2.05, 4.69) is 71.8 Å². The summed E-state index contributed by atoms with van der Waals surface area (Å²) in [7, 11) is 4.33. The van der Waals surface area contributed by atoms with Crippen LogP contribution in [0, 0.1) is 0 Å². The second-order valence-corrected chi connectivity index (χ2v) is 7.82. The van der Waals surface area contributed by atoms with E-state index in [4.69, 9.17) is 0 Å². The number of benzene rings is 2. The van der Waals surface area contributed by atoms with Gasteiger partial charge in [-0.05, 0) is 66.7 Å². The van der Waals surface area contributed by atoms with E-state index in [9.17, 15) is 0 Å². The molecule has 2 N–H and O–H groups in total. The number of H-pyrrole nitrogens is 1. The molecule has 1 unspecified atom stereocenters. The number of rotatable bonds is 3. The predicted molar refractivity (Wildman–Crippen MR) is 103 cm³/mol. The fourth-order valence-electron chi connectivity index (χ4n) is 4.52. The number of hydrogen-bond acceptors (Lipinski definition) is 2. The molecule has 3 aromatic rings. The fraction of sp³-hybridized carbons (Fsp3) is 0.364. The molecule has 3 heteroatoms. The summed E-state index contributed by atoms with van der Waals surface area (Å²) < 4.78 is 0. The first-order valence-electron chi connectivity index (χ1n) is 9.26. The van der Waals surface area contributed by atoms with Crippen molar-refractivity contribution in [3.8, 4) is 0 Å². The molecule has 2 aromatic carbocycles. The summed E-state index contributed by atoms with van der Waals surface area (Å²) in [5.41, 5.74) is 7.33. The van der Waals surface area contributed by atoms with E-state index in [0.29, 0.717) is 5.92 Å². The molecule has 0 bridgehead atoms. The summed E-state index contributed by atoms with van der Waals surface area (Å²) in [6.07, 6.45) is 4.53. The Morgan fingerprint density at radius 3 is 2.80 bits per heavy atom. The van der Waals surface area contributed by atoms with Gasteiger partial charge >= 0.3 is 0 Å². The zero-order chi connectivity index (χ0) is 17.0. The van der Waals surface area contributed by atoms with Crippen molar-refractivity contribution in [1.82, 2.24) is 15.2 Å². The van der Waals surface area contributed by atoms with E-state index < -0.39 is 0 Å². The quantitative estimate of drug-likeness (QED) is 0.761. The maximum Gasteiger partial charge on any atom is 0.0456 e. The standard InChI is InChI=1S/C22H25N3/c1-23-22(8-9-22)18-5-6-19-17(11-18)13-25(2)14-20(19)16-4-3-15-7-10-24-21(15)12-16/h3-7,10-12,20,23-24H,8-9,13-14H2,1-2H3. The van der Waals surface area contributed by atoms with Crippen molar-refractivity contribution in [3.63, 3.8) is 0 Å². The van der Waals surface area contributed by atoms with Gasteiger partial charge in [0.15, 0.2) is 0 Å². The van der Waals surface area contributed by atoms with E-state index >= 15 is 0 Å². The highest BCUT2D eigenvalue weighted by atomic mass is 15.1. The van der Waals surface area contributed by atoms with Crippen LogP contribution in [-0.2, 0) is 12.1 Å². The van der Waals surface area contributed by atoms with Crippen molar-refractivity contribution in [1.29, 1.82) is 0 Å². The van der Waals surface area contributed by atoms with Crippen LogP contribution in [-0.4, -0.2) is 30.5 Å². The number of hydrogen-bond donors (Lipinski definition) is 2. The van der Waals surface area contributed by atoms with Crippen molar-refractivity contribution in [2.24, 2.45) is 0 Å². The smallest absolute Gasteiger partial charge is 0.0456 e. The van der Waals surface area contributed by atoms with Crippen molar-refractivity contribution in [3.05, 3.63) is 70.9 Å². The third-order valence-corrected chi connectivity index (χ3v) is 6.22. The van der Waals surface area contributed by atoms with Crippen LogP contribution >= 0.6 is 0 Å². The van der Waals surface area contributed by atoms with E-state index in [1.54, 1.807) is 0 Å². The lowest BCUT2D eigenvalue weighted by molar-refractivity contribution is 0.295. The molecule has 3 nitrogen and oxygen atoms in total. The highest BCUT2D eigenvalue weighted by Gasteiger charge is 2.43. The molecule has 0 spiro atoms. The Balaban J connectivity index is 1.58. The molecule has 2 heterocycles. The van der Waals surface area contributed by atoms with Crippen molar-refractivity contribution in [2.45, 2.75) is 30.8 Å². The van der Waals surface area contributed by atoms with Crippen molar-refractivity contribution < 1.29 is 0 Å². The average Bonchev–Trinajstić information content (AvgIpc) is 3.30. The van der Waals surface area contributed by atoms with Gasteiger partial charge in [0.05, 0.1) is 0 Å². The minimum absolute atomic E-state index is 0.240. The summed E-state index contributed by atoms with van der Waals surface area (Å²) in [5, 5.41) is 4.81. The summed E-state index contributed by atoms with van der Waals surface area (Å²) in [6.45, 7) is 2.12. The number of nitrogens with one attached hydrogen (secondary N) is 2. The summed E-state index contributed by atoms with van der Waals surface area (Å²) >= 11 is 0. The van der Waals surface area contributed by atoms with Crippen LogP contribution in [0.5, 0.6) is 0 Å². The van der Waals surface area contributed by atoms with Gasteiger partial charge in [0.25, 0.3) is 0 Å². The Morgan fingerprint density at radius 1 is 1.12 bits per heavy atom. The van der Waals surface area contributed by atoms with Gasteiger partial charge in [0, 0.05) is 36.3 Å². The average molecular weight is 331 g/mol. The van der Waals surface area contributed by atoms with Crippen LogP contribution in [0.25, 0.3) is 10.9 Å². The molecule has 0 saturated heterocycles. The first-order valence-corrected chi connectivity index (χ1v) is 9.26. The summed E-state index contributed by atoms with van der Waals surface area (Å²) in [5.74, 6) is 0.445. The Bertz CT molecular complexity index is 935. The molecule has 5 rings (SSSR count). The molecule has 1 atom stereocenters. The zero-order valence-corrected chi connectivity index (χ0v) is 15.0. The van der Waals surface area contributed by atoms with E-state index in [0.717, 1.165) is 13.1 Å². The maximum atomic E-state index is 3.53. The molecule has 1 aromatic heterocycles. The number of fused-ring (bicyclic) bond motifs is 2. The van der Waals surface area contributed by atoms with Gasteiger partial charge in [-0.1, -0.05) is 30.3 Å². The Hall–Kier alpha value is -2.10. The molecule has 1 aliphatic carbocycles. The normalized spacial score (nSPS) is 22.1. The lowest BCUT2D eigenvalue weighted by Gasteiger charge is -2.33. The number of nitrogens with zero attached hydrogens (tertiary/aromatic N) is 1. The minimum Gasteiger partial charge on any atom is -0.361 e. The molecular formula is C22H25N3. The Kier molecular flexibility index (Phi) is 3.31. The molecule has 1 fully saturated rings. The van der Waals surface area contributed by atoms with Gasteiger partial charge in [-0.15, -0.1) is 0 Å². The van der Waals surface area contributed by atoms with Gasteiger partial charge in [-0.3, -0.25) is 0 Å².